The molecular formula is C21H23N3O4. The van der Waals surface area contributed by atoms with Gasteiger partial charge in [0.25, 0.3) is 5.91 Å². The highest BCUT2D eigenvalue weighted by molar-refractivity contribution is 5.99. The highest BCUT2D eigenvalue weighted by Gasteiger charge is 2.20. The molecule has 1 amide bonds. The molecule has 146 valence electrons. The van der Waals surface area contributed by atoms with Gasteiger partial charge in [-0.25, -0.2) is 4.68 Å². The van der Waals surface area contributed by atoms with Crippen LogP contribution in [0, 0.1) is 0 Å². The second-order valence-electron chi connectivity index (χ2n) is 6.07. The van der Waals surface area contributed by atoms with E-state index in [1.54, 1.807) is 25.0 Å². The highest BCUT2D eigenvalue weighted by Crippen LogP contribution is 2.33. The number of aromatic nitrogens is 2. The molecule has 0 fully saturated rings. The molecule has 0 aliphatic heterocycles. The Morgan fingerprint density at radius 3 is 2.54 bits per heavy atom. The van der Waals surface area contributed by atoms with Crippen LogP contribution in [0.15, 0.2) is 54.7 Å². The summed E-state index contributed by atoms with van der Waals surface area (Å²) in [5.74, 6) is 0.877. The summed E-state index contributed by atoms with van der Waals surface area (Å²) < 4.78 is 12.4. The monoisotopic (exact) mass is 381 g/mol. The summed E-state index contributed by atoms with van der Waals surface area (Å²) >= 11 is 0. The maximum atomic E-state index is 12.7. The quantitative estimate of drug-likeness (QED) is 0.586. The van der Waals surface area contributed by atoms with Crippen LogP contribution in [0.1, 0.15) is 16.9 Å². The number of ether oxygens (including phenoxy) is 2. The van der Waals surface area contributed by atoms with Gasteiger partial charge >= 0.3 is 0 Å². The van der Waals surface area contributed by atoms with Gasteiger partial charge in [-0.3, -0.25) is 4.79 Å². The first kappa shape index (κ1) is 19.4. The van der Waals surface area contributed by atoms with E-state index in [0.717, 1.165) is 11.3 Å². The largest absolute Gasteiger partial charge is 0.493 e. The molecule has 0 aliphatic rings. The normalized spacial score (nSPS) is 10.5. The third kappa shape index (κ3) is 4.15. The molecule has 3 aromatic rings. The van der Waals surface area contributed by atoms with Gasteiger partial charge in [0.15, 0.2) is 17.2 Å². The lowest BCUT2D eigenvalue weighted by atomic mass is 10.1. The van der Waals surface area contributed by atoms with Crippen molar-refractivity contribution in [3.63, 3.8) is 0 Å². The number of rotatable bonds is 8. The molecule has 1 aromatic heterocycles. The van der Waals surface area contributed by atoms with Gasteiger partial charge in [0.1, 0.15) is 0 Å². The van der Waals surface area contributed by atoms with Crippen LogP contribution in [-0.2, 0) is 0 Å². The molecule has 0 bridgehead atoms. The summed E-state index contributed by atoms with van der Waals surface area (Å²) in [4.78, 5) is 12.7. The van der Waals surface area contributed by atoms with Crippen molar-refractivity contribution in [2.24, 2.45) is 0 Å². The number of para-hydroxylation sites is 1. The minimum Gasteiger partial charge on any atom is -0.493 e. The topological polar surface area (TPSA) is 85.6 Å². The van der Waals surface area contributed by atoms with Gasteiger partial charge in [-0.15, -0.1) is 0 Å². The SMILES string of the molecule is COc1ccc(-c2cn(-c3ccccc3)nc2C(=O)NCCCO)cc1OC. The van der Waals surface area contributed by atoms with Gasteiger partial charge in [-0.05, 0) is 36.2 Å². The molecule has 2 N–H and O–H groups in total. The van der Waals surface area contributed by atoms with Crippen LogP contribution in [0.4, 0.5) is 0 Å². The number of hydrogen-bond donors (Lipinski definition) is 2. The highest BCUT2D eigenvalue weighted by atomic mass is 16.5. The molecule has 0 saturated heterocycles. The van der Waals surface area contributed by atoms with Crippen molar-refractivity contribution in [3.05, 3.63) is 60.4 Å². The number of methoxy groups -OCH3 is 2. The summed E-state index contributed by atoms with van der Waals surface area (Å²) in [5, 5.41) is 16.2. The Balaban J connectivity index is 2.05. The predicted molar refractivity (Wildman–Crippen MR) is 106 cm³/mol. The third-order valence-electron chi connectivity index (χ3n) is 4.27. The Kier molecular flexibility index (Phi) is 6.29. The molecular weight excluding hydrogens is 358 g/mol. The van der Waals surface area contributed by atoms with Gasteiger partial charge in [-0.1, -0.05) is 24.3 Å². The van der Waals surface area contributed by atoms with Crippen molar-refractivity contribution in [3.8, 4) is 28.3 Å². The van der Waals surface area contributed by atoms with Gasteiger partial charge in [0.05, 0.1) is 19.9 Å². The summed E-state index contributed by atoms with van der Waals surface area (Å²) in [6.07, 6.45) is 2.30. The van der Waals surface area contributed by atoms with E-state index >= 15 is 0 Å². The third-order valence-corrected chi connectivity index (χ3v) is 4.27. The fourth-order valence-corrected chi connectivity index (χ4v) is 2.83. The van der Waals surface area contributed by atoms with Crippen molar-refractivity contribution in [2.75, 3.05) is 27.4 Å². The molecule has 2 aromatic carbocycles. The molecule has 0 spiro atoms. The molecule has 0 radical (unpaired) electrons. The first-order valence-corrected chi connectivity index (χ1v) is 8.94. The summed E-state index contributed by atoms with van der Waals surface area (Å²) in [7, 11) is 3.14. The minimum atomic E-state index is -0.298. The zero-order valence-corrected chi connectivity index (χ0v) is 15.9. The van der Waals surface area contributed by atoms with E-state index in [1.807, 2.05) is 48.7 Å². The molecule has 0 unspecified atom stereocenters. The van der Waals surface area contributed by atoms with E-state index in [9.17, 15) is 4.79 Å². The van der Waals surface area contributed by atoms with Crippen molar-refractivity contribution in [1.29, 1.82) is 0 Å². The summed E-state index contributed by atoms with van der Waals surface area (Å²) in [6.45, 7) is 0.389. The molecule has 0 saturated carbocycles. The van der Waals surface area contributed by atoms with Crippen LogP contribution < -0.4 is 14.8 Å². The summed E-state index contributed by atoms with van der Waals surface area (Å²) in [6, 6.07) is 15.0. The van der Waals surface area contributed by atoms with E-state index in [-0.39, 0.29) is 12.5 Å². The Labute approximate surface area is 163 Å². The Morgan fingerprint density at radius 1 is 1.11 bits per heavy atom. The van der Waals surface area contributed by atoms with Crippen molar-refractivity contribution >= 4 is 5.91 Å². The van der Waals surface area contributed by atoms with Crippen molar-refractivity contribution < 1.29 is 19.4 Å². The Hall–Kier alpha value is -3.32. The van der Waals surface area contributed by atoms with Crippen molar-refractivity contribution in [1.82, 2.24) is 15.1 Å². The molecule has 1 heterocycles. The average molecular weight is 381 g/mol. The van der Waals surface area contributed by atoms with Crippen LogP contribution in [0.2, 0.25) is 0 Å². The smallest absolute Gasteiger partial charge is 0.272 e. The van der Waals surface area contributed by atoms with E-state index in [2.05, 4.69) is 10.4 Å². The number of amides is 1. The Morgan fingerprint density at radius 2 is 1.86 bits per heavy atom. The molecule has 7 heteroatoms. The molecule has 0 aliphatic carbocycles. The molecule has 28 heavy (non-hydrogen) atoms. The number of hydrogen-bond acceptors (Lipinski definition) is 5. The second kappa shape index (κ2) is 9.05. The van der Waals surface area contributed by atoms with Crippen LogP contribution in [0.3, 0.4) is 0 Å². The van der Waals surface area contributed by atoms with Crippen LogP contribution >= 0.6 is 0 Å². The van der Waals surface area contributed by atoms with E-state index in [1.165, 1.54) is 0 Å². The summed E-state index contributed by atoms with van der Waals surface area (Å²) in [5.41, 5.74) is 2.60. The molecule has 3 rings (SSSR count). The van der Waals surface area contributed by atoms with Crippen LogP contribution in [0.25, 0.3) is 16.8 Å². The lowest BCUT2D eigenvalue weighted by Gasteiger charge is -2.09. The van der Waals surface area contributed by atoms with Crippen LogP contribution in [0.5, 0.6) is 11.5 Å². The lowest BCUT2D eigenvalue weighted by molar-refractivity contribution is 0.0946. The maximum absolute atomic E-state index is 12.7. The number of nitrogens with one attached hydrogen (secondary N) is 1. The number of benzene rings is 2. The number of carbonyl (C=O) groups excluding carboxylic acids is 1. The first-order chi connectivity index (χ1) is 13.7. The Bertz CT molecular complexity index is 938. The fraction of sp³-hybridized carbons (Fsp3) is 0.238. The van der Waals surface area contributed by atoms with Gasteiger partial charge in [0.2, 0.25) is 0 Å². The lowest BCUT2D eigenvalue weighted by Crippen LogP contribution is -2.26. The minimum absolute atomic E-state index is 0.0152. The number of aliphatic hydroxyl groups excluding tert-OH is 1. The van der Waals surface area contributed by atoms with Crippen LogP contribution in [-0.4, -0.2) is 48.2 Å². The second-order valence-corrected chi connectivity index (χ2v) is 6.07. The zero-order chi connectivity index (χ0) is 19.9. The van der Waals surface area contributed by atoms with Gasteiger partial charge in [-0.2, -0.15) is 5.10 Å². The van der Waals surface area contributed by atoms with Crippen molar-refractivity contribution in [2.45, 2.75) is 6.42 Å². The van der Waals surface area contributed by atoms with E-state index in [4.69, 9.17) is 14.6 Å². The standard InChI is InChI=1S/C21H23N3O4/c1-27-18-10-9-15(13-19(18)28-2)17-14-24(16-7-4-3-5-8-16)23-20(17)21(26)22-11-6-12-25/h3-5,7-10,13-14,25H,6,11-12H2,1-2H3,(H,22,26). The number of carbonyl (C=O) groups is 1. The first-order valence-electron chi connectivity index (χ1n) is 8.94. The number of aliphatic hydroxyl groups is 1. The fourth-order valence-electron chi connectivity index (χ4n) is 2.83. The van der Waals surface area contributed by atoms with Gasteiger partial charge in [0, 0.05) is 24.9 Å². The predicted octanol–water partition coefficient (Wildman–Crippen LogP) is 2.67. The molecule has 0 atom stereocenters. The zero-order valence-electron chi connectivity index (χ0n) is 15.9. The van der Waals surface area contributed by atoms with E-state index in [0.29, 0.717) is 35.7 Å². The number of nitrogens with zero attached hydrogens (tertiary/aromatic N) is 2. The van der Waals surface area contributed by atoms with E-state index < -0.39 is 0 Å². The van der Waals surface area contributed by atoms with Gasteiger partial charge < -0.3 is 19.9 Å². The maximum Gasteiger partial charge on any atom is 0.272 e. The molecule has 7 nitrogen and oxygen atoms in total. The average Bonchev–Trinajstić information content (AvgIpc) is 3.19.